The highest BCUT2D eigenvalue weighted by atomic mass is 32.2. The lowest BCUT2D eigenvalue weighted by Gasteiger charge is -2.28. The van der Waals surface area contributed by atoms with Gasteiger partial charge in [-0.1, -0.05) is 0 Å². The van der Waals surface area contributed by atoms with E-state index < -0.39 is 10.0 Å². The maximum absolute atomic E-state index is 12.7. The normalized spacial score (nSPS) is 16.9. The number of hydrogen-bond donors (Lipinski definition) is 1. The van der Waals surface area contributed by atoms with Crippen LogP contribution in [0, 0.1) is 0 Å². The van der Waals surface area contributed by atoms with Gasteiger partial charge in [0.05, 0.1) is 24.7 Å². The SMILES string of the molecule is CN(CC(=O)Nc1ccc(N2CCOCC2)cc1)C(=O)c1ccc(S(=O)(=O)N2CCCC2)cc1. The molecule has 34 heavy (non-hydrogen) atoms. The van der Waals surface area contributed by atoms with Gasteiger partial charge in [0.15, 0.2) is 0 Å². The van der Waals surface area contributed by atoms with Gasteiger partial charge in [-0.15, -0.1) is 0 Å². The van der Waals surface area contributed by atoms with E-state index in [0.29, 0.717) is 37.6 Å². The van der Waals surface area contributed by atoms with Crippen LogP contribution in [0.4, 0.5) is 11.4 Å². The third kappa shape index (κ3) is 5.57. The smallest absolute Gasteiger partial charge is 0.254 e. The van der Waals surface area contributed by atoms with Crippen molar-refractivity contribution in [1.82, 2.24) is 9.21 Å². The van der Waals surface area contributed by atoms with Crippen LogP contribution in [-0.2, 0) is 19.6 Å². The Labute approximate surface area is 200 Å². The summed E-state index contributed by atoms with van der Waals surface area (Å²) in [7, 11) is -1.99. The number of carbonyl (C=O) groups is 2. The van der Waals surface area contributed by atoms with Crippen LogP contribution in [-0.4, -0.2) is 82.4 Å². The summed E-state index contributed by atoms with van der Waals surface area (Å²) in [5.41, 5.74) is 2.05. The molecule has 2 aliphatic rings. The van der Waals surface area contributed by atoms with Gasteiger partial charge in [0.1, 0.15) is 0 Å². The number of sulfonamides is 1. The molecular weight excluding hydrogens is 456 g/mol. The second-order valence-electron chi connectivity index (χ2n) is 8.49. The van der Waals surface area contributed by atoms with Crippen molar-refractivity contribution in [2.75, 3.05) is 63.2 Å². The standard InChI is InChI=1S/C24H30N4O5S/c1-26(18-23(29)25-20-6-8-21(9-7-20)27-14-16-33-17-15-27)24(30)19-4-10-22(11-5-19)34(31,32)28-12-2-3-13-28/h4-11H,2-3,12-18H2,1H3,(H,25,29). The zero-order valence-electron chi connectivity index (χ0n) is 19.3. The van der Waals surface area contributed by atoms with E-state index >= 15 is 0 Å². The fraction of sp³-hybridized carbons (Fsp3) is 0.417. The van der Waals surface area contributed by atoms with Gasteiger partial charge in [-0.05, 0) is 61.4 Å². The molecular formula is C24H30N4O5S. The topological polar surface area (TPSA) is 99.3 Å². The monoisotopic (exact) mass is 486 g/mol. The van der Waals surface area contributed by atoms with E-state index in [-0.39, 0.29) is 23.3 Å². The van der Waals surface area contributed by atoms with Gasteiger partial charge in [0, 0.05) is 50.2 Å². The predicted molar refractivity (Wildman–Crippen MR) is 129 cm³/mol. The molecule has 9 nitrogen and oxygen atoms in total. The Morgan fingerprint density at radius 3 is 2.18 bits per heavy atom. The third-order valence-corrected chi connectivity index (χ3v) is 7.97. The molecule has 0 aromatic heterocycles. The molecule has 4 rings (SSSR count). The quantitative estimate of drug-likeness (QED) is 0.643. The highest BCUT2D eigenvalue weighted by Crippen LogP contribution is 2.22. The molecule has 2 aromatic carbocycles. The van der Waals surface area contributed by atoms with Gasteiger partial charge in [0.2, 0.25) is 15.9 Å². The molecule has 2 heterocycles. The van der Waals surface area contributed by atoms with Crippen LogP contribution >= 0.6 is 0 Å². The minimum atomic E-state index is -3.53. The van der Waals surface area contributed by atoms with Crippen molar-refractivity contribution in [3.05, 3.63) is 54.1 Å². The van der Waals surface area contributed by atoms with Crippen LogP contribution in [0.5, 0.6) is 0 Å². The number of likely N-dealkylation sites (N-methyl/N-ethyl adjacent to an activating group) is 1. The molecule has 182 valence electrons. The van der Waals surface area contributed by atoms with E-state index in [9.17, 15) is 18.0 Å². The van der Waals surface area contributed by atoms with Crippen molar-refractivity contribution in [2.45, 2.75) is 17.7 Å². The van der Waals surface area contributed by atoms with Gasteiger partial charge in [0.25, 0.3) is 5.91 Å². The van der Waals surface area contributed by atoms with Crippen molar-refractivity contribution >= 4 is 33.2 Å². The highest BCUT2D eigenvalue weighted by molar-refractivity contribution is 7.89. The number of anilines is 2. The van der Waals surface area contributed by atoms with Gasteiger partial charge >= 0.3 is 0 Å². The van der Waals surface area contributed by atoms with Crippen molar-refractivity contribution in [3.8, 4) is 0 Å². The average molecular weight is 487 g/mol. The molecule has 2 fully saturated rings. The minimum absolute atomic E-state index is 0.127. The summed E-state index contributed by atoms with van der Waals surface area (Å²) >= 11 is 0. The molecule has 2 aliphatic heterocycles. The molecule has 0 aliphatic carbocycles. The summed E-state index contributed by atoms with van der Waals surface area (Å²) in [6.45, 7) is 4.00. The maximum atomic E-state index is 12.7. The number of nitrogens with one attached hydrogen (secondary N) is 1. The summed E-state index contributed by atoms with van der Waals surface area (Å²) in [4.78, 5) is 28.9. The largest absolute Gasteiger partial charge is 0.378 e. The van der Waals surface area contributed by atoms with Crippen molar-refractivity contribution in [2.24, 2.45) is 0 Å². The van der Waals surface area contributed by atoms with E-state index in [2.05, 4.69) is 10.2 Å². The number of carbonyl (C=O) groups excluding carboxylic acids is 2. The zero-order chi connectivity index (χ0) is 24.1. The molecule has 0 saturated carbocycles. The molecule has 0 atom stereocenters. The number of amides is 2. The van der Waals surface area contributed by atoms with Crippen molar-refractivity contribution in [3.63, 3.8) is 0 Å². The van der Waals surface area contributed by atoms with Gasteiger partial charge < -0.3 is 19.9 Å². The number of nitrogens with zero attached hydrogens (tertiary/aromatic N) is 3. The Morgan fingerprint density at radius 1 is 0.941 bits per heavy atom. The number of benzene rings is 2. The van der Waals surface area contributed by atoms with Crippen LogP contribution in [0.3, 0.4) is 0 Å². The third-order valence-electron chi connectivity index (χ3n) is 6.06. The van der Waals surface area contributed by atoms with E-state index in [1.807, 2.05) is 24.3 Å². The minimum Gasteiger partial charge on any atom is -0.378 e. The van der Waals surface area contributed by atoms with Gasteiger partial charge in [-0.25, -0.2) is 8.42 Å². The number of hydrogen-bond acceptors (Lipinski definition) is 6. The van der Waals surface area contributed by atoms with Crippen LogP contribution in [0.2, 0.25) is 0 Å². The Morgan fingerprint density at radius 2 is 1.56 bits per heavy atom. The van der Waals surface area contributed by atoms with Gasteiger partial charge in [-0.3, -0.25) is 9.59 Å². The lowest BCUT2D eigenvalue weighted by Crippen LogP contribution is -2.36. The molecule has 0 spiro atoms. The summed E-state index contributed by atoms with van der Waals surface area (Å²) in [5, 5.41) is 2.81. The second-order valence-corrected chi connectivity index (χ2v) is 10.4. The molecule has 10 heteroatoms. The predicted octanol–water partition coefficient (Wildman–Crippen LogP) is 2.02. The highest BCUT2D eigenvalue weighted by Gasteiger charge is 2.27. The second kappa shape index (κ2) is 10.5. The van der Waals surface area contributed by atoms with Crippen LogP contribution in [0.15, 0.2) is 53.4 Å². The van der Waals surface area contributed by atoms with E-state index in [1.165, 1.54) is 33.5 Å². The first kappa shape index (κ1) is 24.2. The zero-order valence-corrected chi connectivity index (χ0v) is 20.1. The molecule has 2 aromatic rings. The molecule has 2 saturated heterocycles. The van der Waals surface area contributed by atoms with Crippen LogP contribution in [0.1, 0.15) is 23.2 Å². The first-order valence-corrected chi connectivity index (χ1v) is 12.9. The average Bonchev–Trinajstić information content (AvgIpc) is 3.41. The molecule has 0 unspecified atom stereocenters. The summed E-state index contributed by atoms with van der Waals surface area (Å²) in [6, 6.07) is 13.5. The molecule has 0 bridgehead atoms. The molecule has 0 radical (unpaired) electrons. The fourth-order valence-corrected chi connectivity index (χ4v) is 5.65. The van der Waals surface area contributed by atoms with Crippen LogP contribution in [0.25, 0.3) is 0 Å². The first-order valence-electron chi connectivity index (χ1n) is 11.4. The maximum Gasteiger partial charge on any atom is 0.254 e. The van der Waals surface area contributed by atoms with E-state index in [4.69, 9.17) is 4.74 Å². The number of rotatable bonds is 7. The lowest BCUT2D eigenvalue weighted by molar-refractivity contribution is -0.116. The Bertz CT molecular complexity index is 1110. The summed E-state index contributed by atoms with van der Waals surface area (Å²) < 4.78 is 32.1. The fourth-order valence-electron chi connectivity index (χ4n) is 4.13. The Balaban J connectivity index is 1.31. The molecule has 2 amide bonds. The Hall–Kier alpha value is -2.95. The van der Waals surface area contributed by atoms with Gasteiger partial charge in [-0.2, -0.15) is 4.31 Å². The molecule has 1 N–H and O–H groups in total. The lowest BCUT2D eigenvalue weighted by atomic mass is 10.2. The summed E-state index contributed by atoms with van der Waals surface area (Å²) in [5.74, 6) is -0.675. The first-order chi connectivity index (χ1) is 16.3. The van der Waals surface area contributed by atoms with E-state index in [1.54, 1.807) is 7.05 Å². The summed E-state index contributed by atoms with van der Waals surface area (Å²) in [6.07, 6.45) is 1.72. The van der Waals surface area contributed by atoms with Crippen LogP contribution < -0.4 is 10.2 Å². The Kier molecular flexibility index (Phi) is 7.50. The number of morpholine rings is 1. The van der Waals surface area contributed by atoms with Crippen molar-refractivity contribution < 1.29 is 22.7 Å². The van der Waals surface area contributed by atoms with E-state index in [0.717, 1.165) is 31.6 Å². The number of ether oxygens (including phenoxy) is 1. The van der Waals surface area contributed by atoms with Crippen molar-refractivity contribution in [1.29, 1.82) is 0 Å².